The lowest BCUT2D eigenvalue weighted by Gasteiger charge is -2.24. The SMILES string of the molecule is NCCCCNC(=O)C1CC2CCCCC2N1. The van der Waals surface area contributed by atoms with Crippen molar-refractivity contribution in [3.8, 4) is 0 Å². The zero-order valence-corrected chi connectivity index (χ0v) is 10.6. The zero-order chi connectivity index (χ0) is 12.1. The molecule has 0 radical (unpaired) electrons. The Morgan fingerprint density at radius 1 is 1.29 bits per heavy atom. The Morgan fingerprint density at radius 2 is 2.12 bits per heavy atom. The summed E-state index contributed by atoms with van der Waals surface area (Å²) in [5, 5.41) is 6.51. The van der Waals surface area contributed by atoms with E-state index in [0.29, 0.717) is 12.6 Å². The van der Waals surface area contributed by atoms with Gasteiger partial charge in [0.1, 0.15) is 0 Å². The molecule has 1 saturated carbocycles. The summed E-state index contributed by atoms with van der Waals surface area (Å²) >= 11 is 0. The standard InChI is InChI=1S/C13H25N3O/c14-7-3-4-8-15-13(17)12-9-10-5-1-2-6-11(10)16-12/h10-12,16H,1-9,14H2,(H,15,17). The first-order valence-corrected chi connectivity index (χ1v) is 7.05. The Balaban J connectivity index is 1.70. The first kappa shape index (κ1) is 12.8. The van der Waals surface area contributed by atoms with Crippen LogP contribution in [0.4, 0.5) is 0 Å². The minimum atomic E-state index is 0.0565. The Hall–Kier alpha value is -0.610. The summed E-state index contributed by atoms with van der Waals surface area (Å²) in [5.41, 5.74) is 5.42. The smallest absolute Gasteiger partial charge is 0.237 e. The second-order valence-electron chi connectivity index (χ2n) is 5.39. The van der Waals surface area contributed by atoms with Crippen molar-refractivity contribution in [1.29, 1.82) is 0 Å². The molecule has 0 spiro atoms. The van der Waals surface area contributed by atoms with E-state index in [1.165, 1.54) is 25.7 Å². The largest absolute Gasteiger partial charge is 0.355 e. The average Bonchev–Trinajstić information content (AvgIpc) is 2.78. The van der Waals surface area contributed by atoms with Gasteiger partial charge in [0.25, 0.3) is 0 Å². The topological polar surface area (TPSA) is 67.1 Å². The molecule has 4 nitrogen and oxygen atoms in total. The fourth-order valence-corrected chi connectivity index (χ4v) is 3.13. The molecule has 4 N–H and O–H groups in total. The highest BCUT2D eigenvalue weighted by Gasteiger charge is 2.37. The van der Waals surface area contributed by atoms with Crippen LogP contribution in [0.3, 0.4) is 0 Å². The van der Waals surface area contributed by atoms with Crippen molar-refractivity contribution in [1.82, 2.24) is 10.6 Å². The highest BCUT2D eigenvalue weighted by molar-refractivity contribution is 5.82. The van der Waals surface area contributed by atoms with Crippen LogP contribution in [0.15, 0.2) is 0 Å². The molecule has 4 heteroatoms. The zero-order valence-electron chi connectivity index (χ0n) is 10.6. The molecule has 1 amide bonds. The highest BCUT2D eigenvalue weighted by atomic mass is 16.2. The summed E-state index contributed by atoms with van der Waals surface area (Å²) in [7, 11) is 0. The number of amides is 1. The van der Waals surface area contributed by atoms with Gasteiger partial charge in [-0.1, -0.05) is 12.8 Å². The van der Waals surface area contributed by atoms with Crippen molar-refractivity contribution in [3.63, 3.8) is 0 Å². The minimum absolute atomic E-state index is 0.0565. The number of carbonyl (C=O) groups is 1. The monoisotopic (exact) mass is 239 g/mol. The van der Waals surface area contributed by atoms with Crippen LogP contribution in [0, 0.1) is 5.92 Å². The van der Waals surface area contributed by atoms with Crippen LogP contribution in [0.2, 0.25) is 0 Å². The van der Waals surface area contributed by atoms with Crippen molar-refractivity contribution in [2.75, 3.05) is 13.1 Å². The molecule has 0 aromatic heterocycles. The molecule has 1 saturated heterocycles. The molecule has 3 atom stereocenters. The fraction of sp³-hybridized carbons (Fsp3) is 0.923. The van der Waals surface area contributed by atoms with Gasteiger partial charge in [-0.2, -0.15) is 0 Å². The molecular formula is C13H25N3O. The van der Waals surface area contributed by atoms with Crippen molar-refractivity contribution >= 4 is 5.91 Å². The predicted octanol–water partition coefficient (Wildman–Crippen LogP) is 0.762. The number of nitrogens with two attached hydrogens (primary N) is 1. The van der Waals surface area contributed by atoms with E-state index < -0.39 is 0 Å². The fourth-order valence-electron chi connectivity index (χ4n) is 3.13. The lowest BCUT2D eigenvalue weighted by Crippen LogP contribution is -2.43. The first-order valence-electron chi connectivity index (χ1n) is 7.05. The highest BCUT2D eigenvalue weighted by Crippen LogP contribution is 2.33. The van der Waals surface area contributed by atoms with Crippen LogP contribution in [0.5, 0.6) is 0 Å². The van der Waals surface area contributed by atoms with Gasteiger partial charge in [-0.15, -0.1) is 0 Å². The van der Waals surface area contributed by atoms with Crippen LogP contribution in [0.25, 0.3) is 0 Å². The van der Waals surface area contributed by atoms with Crippen LogP contribution < -0.4 is 16.4 Å². The molecule has 0 aromatic carbocycles. The van der Waals surface area contributed by atoms with Gasteiger partial charge >= 0.3 is 0 Å². The average molecular weight is 239 g/mol. The van der Waals surface area contributed by atoms with E-state index in [4.69, 9.17) is 5.73 Å². The third-order valence-electron chi connectivity index (χ3n) is 4.11. The van der Waals surface area contributed by atoms with E-state index in [9.17, 15) is 4.79 Å². The summed E-state index contributed by atoms with van der Waals surface area (Å²) in [5.74, 6) is 0.931. The molecular weight excluding hydrogens is 214 g/mol. The lowest BCUT2D eigenvalue weighted by molar-refractivity contribution is -0.122. The maximum atomic E-state index is 11.9. The number of hydrogen-bond donors (Lipinski definition) is 3. The second-order valence-corrected chi connectivity index (χ2v) is 5.39. The number of unbranched alkanes of at least 4 members (excludes halogenated alkanes) is 1. The normalized spacial score (nSPS) is 32.2. The van der Waals surface area contributed by atoms with Gasteiger partial charge < -0.3 is 16.4 Å². The molecule has 1 aliphatic heterocycles. The number of carbonyl (C=O) groups excluding carboxylic acids is 1. The van der Waals surface area contributed by atoms with Crippen LogP contribution in [-0.4, -0.2) is 31.1 Å². The lowest BCUT2D eigenvalue weighted by atomic mass is 9.85. The first-order chi connectivity index (χ1) is 8.31. The number of fused-ring (bicyclic) bond motifs is 1. The van der Waals surface area contributed by atoms with Crippen molar-refractivity contribution in [3.05, 3.63) is 0 Å². The van der Waals surface area contributed by atoms with Gasteiger partial charge in [0.2, 0.25) is 5.91 Å². The van der Waals surface area contributed by atoms with E-state index in [1.54, 1.807) is 0 Å². The Kier molecular flexibility index (Phi) is 4.80. The molecule has 0 bridgehead atoms. The third kappa shape index (κ3) is 3.42. The molecule has 3 unspecified atom stereocenters. The summed E-state index contributed by atoms with van der Waals surface area (Å²) in [6, 6.07) is 0.657. The molecule has 0 aromatic rings. The van der Waals surface area contributed by atoms with E-state index in [2.05, 4.69) is 10.6 Å². The Morgan fingerprint density at radius 3 is 2.88 bits per heavy atom. The maximum absolute atomic E-state index is 11.9. The van der Waals surface area contributed by atoms with Gasteiger partial charge in [0, 0.05) is 12.6 Å². The number of hydrogen-bond acceptors (Lipinski definition) is 3. The van der Waals surface area contributed by atoms with Crippen LogP contribution in [0.1, 0.15) is 44.9 Å². The van der Waals surface area contributed by atoms with Crippen LogP contribution in [-0.2, 0) is 4.79 Å². The minimum Gasteiger partial charge on any atom is -0.355 e. The number of rotatable bonds is 5. The van der Waals surface area contributed by atoms with Crippen molar-refractivity contribution in [2.24, 2.45) is 11.7 Å². The quantitative estimate of drug-likeness (QED) is 0.621. The van der Waals surface area contributed by atoms with Gasteiger partial charge in [0.15, 0.2) is 0 Å². The summed E-state index contributed by atoms with van der Waals surface area (Å²) < 4.78 is 0. The summed E-state index contributed by atoms with van der Waals surface area (Å²) in [4.78, 5) is 11.9. The van der Waals surface area contributed by atoms with Crippen molar-refractivity contribution < 1.29 is 4.79 Å². The van der Waals surface area contributed by atoms with E-state index >= 15 is 0 Å². The van der Waals surface area contributed by atoms with Crippen molar-refractivity contribution in [2.45, 2.75) is 57.0 Å². The van der Waals surface area contributed by atoms with Gasteiger partial charge in [-0.25, -0.2) is 0 Å². The molecule has 1 aliphatic carbocycles. The Labute approximate surface area is 104 Å². The predicted molar refractivity (Wildman–Crippen MR) is 68.6 cm³/mol. The molecule has 1 heterocycles. The maximum Gasteiger partial charge on any atom is 0.237 e. The third-order valence-corrected chi connectivity index (χ3v) is 4.11. The molecule has 2 rings (SSSR count). The molecule has 2 aliphatic rings. The van der Waals surface area contributed by atoms with E-state index in [0.717, 1.165) is 31.7 Å². The van der Waals surface area contributed by atoms with Gasteiger partial charge in [-0.05, 0) is 44.6 Å². The van der Waals surface area contributed by atoms with Gasteiger partial charge in [0.05, 0.1) is 6.04 Å². The van der Waals surface area contributed by atoms with E-state index in [1.807, 2.05) is 0 Å². The van der Waals surface area contributed by atoms with E-state index in [-0.39, 0.29) is 11.9 Å². The molecule has 98 valence electrons. The summed E-state index contributed by atoms with van der Waals surface area (Å²) in [6.45, 7) is 1.48. The second kappa shape index (κ2) is 6.36. The van der Waals surface area contributed by atoms with Crippen LogP contribution >= 0.6 is 0 Å². The summed E-state index contributed by atoms with van der Waals surface area (Å²) in [6.07, 6.45) is 8.22. The number of nitrogens with one attached hydrogen (secondary N) is 2. The Bertz CT molecular complexity index is 243. The molecule has 2 fully saturated rings. The van der Waals surface area contributed by atoms with Gasteiger partial charge in [-0.3, -0.25) is 4.79 Å². The molecule has 17 heavy (non-hydrogen) atoms.